The highest BCUT2D eigenvalue weighted by atomic mass is 16.3. The minimum Gasteiger partial charge on any atom is -0.395 e. The predicted octanol–water partition coefficient (Wildman–Crippen LogP) is -0.191. The molecular formula is C6H16N2O. The zero-order valence-electron chi connectivity index (χ0n) is 6.33. The quantitative estimate of drug-likeness (QED) is 0.413. The van der Waals surface area contributed by atoms with Crippen molar-refractivity contribution in [2.75, 3.05) is 13.7 Å². The summed E-state index contributed by atoms with van der Waals surface area (Å²) in [6, 6.07) is 0.0880. The molecule has 56 valence electrons. The molecule has 0 saturated carbocycles. The van der Waals surface area contributed by atoms with Crippen molar-refractivity contribution < 1.29 is 5.11 Å². The van der Waals surface area contributed by atoms with Crippen LogP contribution in [-0.4, -0.2) is 29.8 Å². The van der Waals surface area contributed by atoms with Gasteiger partial charge in [0.25, 0.3) is 0 Å². The largest absolute Gasteiger partial charge is 0.395 e. The highest BCUT2D eigenvalue weighted by Crippen LogP contribution is 2.03. The summed E-state index contributed by atoms with van der Waals surface area (Å²) in [5.41, 5.74) is 0. The SMILES string of the molecule is CC(C)[C@@H](CO)N(C)N. The first-order valence-corrected chi connectivity index (χ1v) is 3.18. The highest BCUT2D eigenvalue weighted by Gasteiger charge is 2.13. The van der Waals surface area contributed by atoms with Gasteiger partial charge in [0.1, 0.15) is 0 Å². The van der Waals surface area contributed by atoms with Crippen molar-refractivity contribution in [3.8, 4) is 0 Å². The van der Waals surface area contributed by atoms with Crippen molar-refractivity contribution in [1.82, 2.24) is 5.01 Å². The fourth-order valence-corrected chi connectivity index (χ4v) is 0.810. The molecule has 0 bridgehead atoms. The first kappa shape index (κ1) is 8.88. The van der Waals surface area contributed by atoms with Crippen LogP contribution in [0.1, 0.15) is 13.8 Å². The third-order valence-corrected chi connectivity index (χ3v) is 1.48. The lowest BCUT2D eigenvalue weighted by molar-refractivity contribution is 0.114. The molecule has 0 fully saturated rings. The molecule has 0 aromatic heterocycles. The van der Waals surface area contributed by atoms with E-state index in [1.165, 1.54) is 0 Å². The number of aliphatic hydroxyl groups is 1. The maximum absolute atomic E-state index is 8.75. The Bertz CT molecular complexity index is 65.5. The Hall–Kier alpha value is -0.120. The van der Waals surface area contributed by atoms with E-state index in [9.17, 15) is 0 Å². The third kappa shape index (κ3) is 2.79. The fraction of sp³-hybridized carbons (Fsp3) is 1.00. The van der Waals surface area contributed by atoms with Crippen LogP contribution in [0.25, 0.3) is 0 Å². The second-order valence-electron chi connectivity index (χ2n) is 2.66. The molecule has 0 aliphatic heterocycles. The van der Waals surface area contributed by atoms with Crippen LogP contribution < -0.4 is 5.84 Å². The smallest absolute Gasteiger partial charge is 0.0603 e. The molecule has 0 heterocycles. The van der Waals surface area contributed by atoms with E-state index in [0.29, 0.717) is 5.92 Å². The molecule has 1 atom stereocenters. The molecule has 9 heavy (non-hydrogen) atoms. The molecule has 0 aliphatic rings. The van der Waals surface area contributed by atoms with Gasteiger partial charge in [0.05, 0.1) is 6.61 Å². The molecule has 0 saturated heterocycles. The van der Waals surface area contributed by atoms with E-state index in [1.54, 1.807) is 12.1 Å². The first-order chi connectivity index (χ1) is 4.09. The zero-order valence-corrected chi connectivity index (χ0v) is 6.33. The minimum atomic E-state index is 0.0880. The van der Waals surface area contributed by atoms with Crippen molar-refractivity contribution >= 4 is 0 Å². The van der Waals surface area contributed by atoms with Crippen molar-refractivity contribution in [1.29, 1.82) is 0 Å². The topological polar surface area (TPSA) is 49.5 Å². The van der Waals surface area contributed by atoms with Gasteiger partial charge >= 0.3 is 0 Å². The van der Waals surface area contributed by atoms with E-state index in [0.717, 1.165) is 0 Å². The summed E-state index contributed by atoms with van der Waals surface area (Å²) in [6.45, 7) is 4.19. The first-order valence-electron chi connectivity index (χ1n) is 3.18. The Kier molecular flexibility index (Phi) is 3.77. The summed E-state index contributed by atoms with van der Waals surface area (Å²) in [7, 11) is 1.76. The van der Waals surface area contributed by atoms with Crippen LogP contribution in [0, 0.1) is 5.92 Å². The number of nitrogens with zero attached hydrogens (tertiary/aromatic N) is 1. The second-order valence-corrected chi connectivity index (χ2v) is 2.66. The molecule has 0 aliphatic carbocycles. The number of hydrogen-bond donors (Lipinski definition) is 2. The van der Waals surface area contributed by atoms with Gasteiger partial charge in [0.15, 0.2) is 0 Å². The Balaban J connectivity index is 3.68. The lowest BCUT2D eigenvalue weighted by atomic mass is 10.1. The number of likely N-dealkylation sites (N-methyl/N-ethyl adjacent to an activating group) is 1. The number of hydrogen-bond acceptors (Lipinski definition) is 3. The van der Waals surface area contributed by atoms with E-state index in [-0.39, 0.29) is 12.6 Å². The molecule has 0 amide bonds. The lowest BCUT2D eigenvalue weighted by Crippen LogP contribution is -2.43. The van der Waals surface area contributed by atoms with Crippen LogP contribution in [0.5, 0.6) is 0 Å². The Labute approximate surface area is 56.4 Å². The van der Waals surface area contributed by atoms with E-state index >= 15 is 0 Å². The normalized spacial score (nSPS) is 15.0. The molecule has 0 radical (unpaired) electrons. The third-order valence-electron chi connectivity index (χ3n) is 1.48. The van der Waals surface area contributed by atoms with E-state index in [1.807, 2.05) is 13.8 Å². The van der Waals surface area contributed by atoms with Crippen LogP contribution in [-0.2, 0) is 0 Å². The second kappa shape index (κ2) is 3.82. The Morgan fingerprint density at radius 1 is 1.56 bits per heavy atom. The lowest BCUT2D eigenvalue weighted by Gasteiger charge is -2.24. The van der Waals surface area contributed by atoms with Crippen LogP contribution in [0.15, 0.2) is 0 Å². The van der Waals surface area contributed by atoms with Crippen LogP contribution in [0.4, 0.5) is 0 Å². The molecular weight excluding hydrogens is 116 g/mol. The molecule has 3 nitrogen and oxygen atoms in total. The van der Waals surface area contributed by atoms with Crippen molar-refractivity contribution in [3.05, 3.63) is 0 Å². The standard InChI is InChI=1S/C6H16N2O/c1-5(2)6(4-9)8(3)7/h5-6,9H,4,7H2,1-3H3/t6-/m1/s1. The maximum atomic E-state index is 8.75. The number of rotatable bonds is 3. The van der Waals surface area contributed by atoms with Crippen LogP contribution >= 0.6 is 0 Å². The Morgan fingerprint density at radius 2 is 2.00 bits per heavy atom. The van der Waals surface area contributed by atoms with Gasteiger partial charge < -0.3 is 5.11 Å². The summed E-state index contributed by atoms with van der Waals surface area (Å²) in [5, 5.41) is 10.3. The zero-order chi connectivity index (χ0) is 7.44. The summed E-state index contributed by atoms with van der Waals surface area (Å²) < 4.78 is 0. The predicted molar refractivity (Wildman–Crippen MR) is 37.7 cm³/mol. The maximum Gasteiger partial charge on any atom is 0.0603 e. The summed E-state index contributed by atoms with van der Waals surface area (Å²) >= 11 is 0. The number of hydrazine groups is 1. The monoisotopic (exact) mass is 132 g/mol. The van der Waals surface area contributed by atoms with Gasteiger partial charge in [-0.3, -0.25) is 5.84 Å². The van der Waals surface area contributed by atoms with Gasteiger partial charge in [-0.05, 0) is 5.92 Å². The van der Waals surface area contributed by atoms with Crippen LogP contribution in [0.2, 0.25) is 0 Å². The summed E-state index contributed by atoms with van der Waals surface area (Å²) in [5.74, 6) is 5.83. The summed E-state index contributed by atoms with van der Waals surface area (Å²) in [6.07, 6.45) is 0. The fourth-order valence-electron chi connectivity index (χ4n) is 0.810. The van der Waals surface area contributed by atoms with Gasteiger partial charge in [-0.2, -0.15) is 0 Å². The van der Waals surface area contributed by atoms with Gasteiger partial charge in [-0.25, -0.2) is 5.01 Å². The van der Waals surface area contributed by atoms with Gasteiger partial charge in [-0.1, -0.05) is 13.8 Å². The number of aliphatic hydroxyl groups excluding tert-OH is 1. The highest BCUT2D eigenvalue weighted by molar-refractivity contribution is 4.66. The van der Waals surface area contributed by atoms with Crippen molar-refractivity contribution in [3.63, 3.8) is 0 Å². The van der Waals surface area contributed by atoms with Gasteiger partial charge in [0, 0.05) is 13.1 Å². The molecule has 0 aromatic carbocycles. The molecule has 0 spiro atoms. The van der Waals surface area contributed by atoms with Crippen molar-refractivity contribution in [2.24, 2.45) is 11.8 Å². The van der Waals surface area contributed by atoms with Crippen LogP contribution in [0.3, 0.4) is 0 Å². The van der Waals surface area contributed by atoms with E-state index < -0.39 is 0 Å². The average molecular weight is 132 g/mol. The van der Waals surface area contributed by atoms with E-state index in [2.05, 4.69) is 0 Å². The molecule has 0 aromatic rings. The Morgan fingerprint density at radius 3 is 2.00 bits per heavy atom. The molecule has 0 rings (SSSR count). The van der Waals surface area contributed by atoms with Gasteiger partial charge in [0.2, 0.25) is 0 Å². The minimum absolute atomic E-state index is 0.0880. The van der Waals surface area contributed by atoms with E-state index in [4.69, 9.17) is 10.9 Å². The summed E-state index contributed by atoms with van der Waals surface area (Å²) in [4.78, 5) is 0. The van der Waals surface area contributed by atoms with Crippen molar-refractivity contribution in [2.45, 2.75) is 19.9 Å². The molecule has 3 N–H and O–H groups in total. The molecule has 3 heteroatoms. The average Bonchev–Trinajstić information content (AvgIpc) is 1.64. The molecule has 0 unspecified atom stereocenters. The number of nitrogens with two attached hydrogens (primary N) is 1. The van der Waals surface area contributed by atoms with Gasteiger partial charge in [-0.15, -0.1) is 0 Å².